The Morgan fingerprint density at radius 2 is 1.33 bits per heavy atom. The van der Waals surface area contributed by atoms with E-state index in [1.54, 1.807) is 0 Å². The Morgan fingerprint density at radius 1 is 0.867 bits per heavy atom. The first-order chi connectivity index (χ1) is 6.12. The van der Waals surface area contributed by atoms with Crippen molar-refractivity contribution in [1.29, 1.82) is 0 Å². The minimum absolute atomic E-state index is 0. The second kappa shape index (κ2) is 7.51. The maximum atomic E-state index is 2.50. The average molecular weight is 436 g/mol. The summed E-state index contributed by atoms with van der Waals surface area (Å²) in [7, 11) is 0. The number of allylic oxidation sites excluding steroid dienone is 2. The molecule has 2 rings (SSSR count). The van der Waals surface area contributed by atoms with Gasteiger partial charge in [0.25, 0.3) is 0 Å². The minimum Gasteiger partial charge on any atom is -0.107 e. The Hall–Kier alpha value is 1.20. The maximum Gasteiger partial charge on any atom is -0.0110 e. The van der Waals surface area contributed by atoms with E-state index in [1.807, 2.05) is 13.8 Å². The molecule has 0 bridgehead atoms. The number of hydrogen-bond donors (Lipinski definition) is 0. The Kier molecular flexibility index (Phi) is 9.30. The van der Waals surface area contributed by atoms with Crippen LogP contribution in [0.15, 0.2) is 12.2 Å². The molecule has 0 unspecified atom stereocenters. The van der Waals surface area contributed by atoms with Crippen LogP contribution in [0.3, 0.4) is 0 Å². The highest BCUT2D eigenvalue weighted by Crippen LogP contribution is 2.52. The van der Waals surface area contributed by atoms with Crippen LogP contribution in [-0.2, 0) is 0 Å². The zero-order valence-electron chi connectivity index (χ0n) is 10.5. The summed E-state index contributed by atoms with van der Waals surface area (Å²) < 4.78 is 0. The fraction of sp³-hybridized carbons (Fsp3) is 0.846. The molecule has 0 N–H and O–H groups in total. The van der Waals surface area contributed by atoms with Crippen LogP contribution in [-0.4, -0.2) is 0 Å². The van der Waals surface area contributed by atoms with Crippen molar-refractivity contribution < 1.29 is 0 Å². The van der Waals surface area contributed by atoms with Gasteiger partial charge in [-0.3, -0.25) is 0 Å². The quantitative estimate of drug-likeness (QED) is 0.333. The fourth-order valence-corrected chi connectivity index (χ4v) is 2.85. The van der Waals surface area contributed by atoms with E-state index in [1.165, 1.54) is 32.1 Å². The third-order valence-corrected chi connectivity index (χ3v) is 3.30. The van der Waals surface area contributed by atoms with Crippen LogP contribution >= 0.6 is 48.0 Å². The predicted octanol–water partition coefficient (Wildman–Crippen LogP) is 5.80. The van der Waals surface area contributed by atoms with Crippen LogP contribution in [0.2, 0.25) is 0 Å². The van der Waals surface area contributed by atoms with Crippen LogP contribution in [0.25, 0.3) is 0 Å². The summed E-state index contributed by atoms with van der Waals surface area (Å²) in [5.41, 5.74) is 1.13. The van der Waals surface area contributed by atoms with E-state index in [2.05, 4.69) is 26.0 Å². The van der Waals surface area contributed by atoms with Gasteiger partial charge in [0.1, 0.15) is 0 Å². The molecule has 1 fully saturated rings. The van der Waals surface area contributed by atoms with E-state index < -0.39 is 0 Å². The molecule has 0 nitrogen and oxygen atoms in total. The molecule has 0 aromatic heterocycles. The smallest absolute Gasteiger partial charge is 0.0110 e. The van der Waals surface area contributed by atoms with Crippen molar-refractivity contribution in [2.45, 2.75) is 59.8 Å². The van der Waals surface area contributed by atoms with Crippen molar-refractivity contribution in [3.63, 3.8) is 0 Å². The van der Waals surface area contributed by atoms with Crippen LogP contribution in [0.5, 0.6) is 0 Å². The van der Waals surface area contributed by atoms with Gasteiger partial charge in [-0.25, -0.2) is 0 Å². The minimum atomic E-state index is 0. The zero-order valence-corrected chi connectivity index (χ0v) is 15.2. The highest BCUT2D eigenvalue weighted by molar-refractivity contribution is 14.0. The second-order valence-corrected chi connectivity index (χ2v) is 5.07. The Bertz CT molecular complexity index is 189. The van der Waals surface area contributed by atoms with Gasteiger partial charge in [-0.2, -0.15) is 0 Å². The lowest BCUT2D eigenvalue weighted by atomic mass is 9.79. The largest absolute Gasteiger partial charge is 0.107 e. The van der Waals surface area contributed by atoms with Crippen molar-refractivity contribution in [3.05, 3.63) is 12.2 Å². The summed E-state index contributed by atoms with van der Waals surface area (Å²) in [6.45, 7) is 8.72. The third kappa shape index (κ3) is 4.92. The molecule has 2 heteroatoms. The van der Waals surface area contributed by atoms with Gasteiger partial charge in [-0.15, -0.1) is 48.0 Å². The highest BCUT2D eigenvalue weighted by atomic mass is 127. The lowest BCUT2D eigenvalue weighted by molar-refractivity contribution is 0.291. The first kappa shape index (κ1) is 18.6. The molecular weight excluding hydrogens is 410 g/mol. The number of rotatable bonds is 0. The van der Waals surface area contributed by atoms with Crippen LogP contribution in [0, 0.1) is 10.8 Å². The third-order valence-electron chi connectivity index (χ3n) is 3.30. The molecule has 0 heterocycles. The Labute approximate surface area is 130 Å². The lowest BCUT2D eigenvalue weighted by Crippen LogP contribution is -2.15. The second-order valence-electron chi connectivity index (χ2n) is 5.07. The summed E-state index contributed by atoms with van der Waals surface area (Å²) in [6.07, 6.45) is 12.2. The molecule has 1 spiro atoms. The Balaban J connectivity index is 0. The molecule has 2 aliphatic rings. The van der Waals surface area contributed by atoms with Gasteiger partial charge in [0.15, 0.2) is 0 Å². The first-order valence-corrected chi connectivity index (χ1v) is 5.82. The van der Waals surface area contributed by atoms with Crippen molar-refractivity contribution >= 4 is 48.0 Å². The normalized spacial score (nSPS) is 23.7. The summed E-state index contributed by atoms with van der Waals surface area (Å²) >= 11 is 0. The van der Waals surface area contributed by atoms with E-state index in [4.69, 9.17) is 0 Å². The summed E-state index contributed by atoms with van der Waals surface area (Å²) in [5, 5.41) is 0. The molecule has 0 aliphatic heterocycles. The van der Waals surface area contributed by atoms with Gasteiger partial charge >= 0.3 is 0 Å². The molecule has 0 radical (unpaired) electrons. The Morgan fingerprint density at radius 3 is 1.67 bits per heavy atom. The van der Waals surface area contributed by atoms with Gasteiger partial charge in [0, 0.05) is 0 Å². The molecule has 0 amide bonds. The van der Waals surface area contributed by atoms with Crippen LogP contribution in [0.1, 0.15) is 59.8 Å². The molecule has 0 saturated heterocycles. The summed E-state index contributed by atoms with van der Waals surface area (Å²) in [5.74, 6) is 0. The molecule has 0 aromatic carbocycles. The molecule has 2 aliphatic carbocycles. The van der Waals surface area contributed by atoms with Gasteiger partial charge < -0.3 is 0 Å². The van der Waals surface area contributed by atoms with Gasteiger partial charge in [0.2, 0.25) is 0 Å². The predicted molar refractivity (Wildman–Crippen MR) is 90.6 cm³/mol. The van der Waals surface area contributed by atoms with Gasteiger partial charge in [-0.1, -0.05) is 52.7 Å². The molecular formula is C13H26I2. The van der Waals surface area contributed by atoms with Crippen molar-refractivity contribution in [2.24, 2.45) is 10.8 Å². The maximum absolute atomic E-state index is 2.50. The first-order valence-electron chi connectivity index (χ1n) is 5.82. The van der Waals surface area contributed by atoms with E-state index in [0.717, 1.165) is 0 Å². The topological polar surface area (TPSA) is 0 Å². The van der Waals surface area contributed by atoms with E-state index in [9.17, 15) is 0 Å². The molecule has 0 atom stereocenters. The lowest BCUT2D eigenvalue weighted by Gasteiger charge is -2.25. The van der Waals surface area contributed by atoms with Crippen molar-refractivity contribution in [2.75, 3.05) is 0 Å². The SMILES string of the molecule is CC.CC1(C)C=CC2(CCCC2)C1.I.I. The van der Waals surface area contributed by atoms with Gasteiger partial charge in [-0.05, 0) is 30.1 Å². The van der Waals surface area contributed by atoms with E-state index >= 15 is 0 Å². The zero-order chi connectivity index (χ0) is 9.95. The monoisotopic (exact) mass is 436 g/mol. The van der Waals surface area contributed by atoms with Crippen LogP contribution < -0.4 is 0 Å². The number of halogens is 2. The van der Waals surface area contributed by atoms with Crippen molar-refractivity contribution in [3.8, 4) is 0 Å². The summed E-state index contributed by atoms with van der Waals surface area (Å²) in [6, 6.07) is 0. The van der Waals surface area contributed by atoms with Gasteiger partial charge in [0.05, 0.1) is 0 Å². The fourth-order valence-electron chi connectivity index (χ4n) is 2.85. The average Bonchev–Trinajstić information content (AvgIpc) is 2.65. The molecule has 15 heavy (non-hydrogen) atoms. The molecule has 1 saturated carbocycles. The molecule has 92 valence electrons. The summed E-state index contributed by atoms with van der Waals surface area (Å²) in [4.78, 5) is 0. The van der Waals surface area contributed by atoms with Crippen LogP contribution in [0.4, 0.5) is 0 Å². The van der Waals surface area contributed by atoms with E-state index in [-0.39, 0.29) is 48.0 Å². The molecule has 0 aromatic rings. The van der Waals surface area contributed by atoms with E-state index in [0.29, 0.717) is 10.8 Å². The standard InChI is InChI=1S/C11H18.C2H6.2HI/c1-10(2)7-8-11(9-10)5-3-4-6-11;1-2;;/h7-8H,3-6,9H2,1-2H3;1-2H3;2*1H. The highest BCUT2D eigenvalue weighted by Gasteiger charge is 2.39. The van der Waals surface area contributed by atoms with Crippen molar-refractivity contribution in [1.82, 2.24) is 0 Å². The number of hydrogen-bond acceptors (Lipinski definition) is 0.